The Balaban J connectivity index is 1.67. The Hall–Kier alpha value is -3.56. The first-order chi connectivity index (χ1) is 15.2. The zero-order valence-electron chi connectivity index (χ0n) is 16.9. The fourth-order valence-electron chi connectivity index (χ4n) is 2.65. The number of sulfonamides is 1. The number of esters is 1. The van der Waals surface area contributed by atoms with Crippen LogP contribution in [0.2, 0.25) is 5.02 Å². The quantitative estimate of drug-likeness (QED) is 0.471. The highest BCUT2D eigenvalue weighted by molar-refractivity contribution is 7.92. The van der Waals surface area contributed by atoms with Gasteiger partial charge in [0, 0.05) is 5.02 Å². The average molecular weight is 475 g/mol. The summed E-state index contributed by atoms with van der Waals surface area (Å²) in [4.78, 5) is 24.8. The van der Waals surface area contributed by atoms with Crippen LogP contribution in [0.1, 0.15) is 10.4 Å². The van der Waals surface area contributed by atoms with Crippen molar-refractivity contribution in [1.29, 1.82) is 0 Å². The molecule has 0 aromatic heterocycles. The van der Waals surface area contributed by atoms with Gasteiger partial charge in [0.05, 0.1) is 23.2 Å². The third-order valence-electron chi connectivity index (χ3n) is 3.96. The summed E-state index contributed by atoms with van der Waals surface area (Å²) in [5, 5.41) is 2.97. The molecule has 0 aliphatic rings. The molecule has 32 heavy (non-hydrogen) atoms. The van der Waals surface area contributed by atoms with Crippen LogP contribution in [0.4, 0.5) is 11.4 Å². The van der Waals surface area contributed by atoms with E-state index in [1.165, 1.54) is 18.2 Å². The molecule has 0 fully saturated rings. The fourth-order valence-corrected chi connectivity index (χ4v) is 3.40. The van der Waals surface area contributed by atoms with Gasteiger partial charge in [-0.25, -0.2) is 13.2 Å². The third-order valence-corrected chi connectivity index (χ3v) is 4.79. The number of carbonyl (C=O) groups is 2. The van der Waals surface area contributed by atoms with Crippen LogP contribution < -0.4 is 14.8 Å². The number of para-hydroxylation sites is 2. The number of anilines is 2. The topological polar surface area (TPSA) is 111 Å². The van der Waals surface area contributed by atoms with E-state index in [0.29, 0.717) is 22.2 Å². The molecule has 166 valence electrons. The summed E-state index contributed by atoms with van der Waals surface area (Å²) in [7, 11) is -3.60. The Kier molecular flexibility index (Phi) is 7.34. The molecule has 3 aromatic carbocycles. The lowest BCUT2D eigenvalue weighted by Crippen LogP contribution is -2.22. The van der Waals surface area contributed by atoms with Gasteiger partial charge in [0.1, 0.15) is 5.75 Å². The summed E-state index contributed by atoms with van der Waals surface area (Å²) >= 11 is 6.03. The van der Waals surface area contributed by atoms with Crippen molar-refractivity contribution in [1.82, 2.24) is 0 Å². The maximum atomic E-state index is 12.4. The van der Waals surface area contributed by atoms with Crippen LogP contribution in [0.3, 0.4) is 0 Å². The summed E-state index contributed by atoms with van der Waals surface area (Å²) < 4.78 is 36.0. The monoisotopic (exact) mass is 474 g/mol. The molecule has 3 rings (SSSR count). The van der Waals surface area contributed by atoms with Gasteiger partial charge in [-0.1, -0.05) is 41.9 Å². The van der Waals surface area contributed by atoms with Crippen molar-refractivity contribution >= 4 is 44.9 Å². The van der Waals surface area contributed by atoms with Crippen LogP contribution >= 0.6 is 11.6 Å². The Morgan fingerprint density at radius 1 is 0.938 bits per heavy atom. The van der Waals surface area contributed by atoms with Gasteiger partial charge in [-0.15, -0.1) is 0 Å². The number of carbonyl (C=O) groups excluding carboxylic acids is 2. The van der Waals surface area contributed by atoms with E-state index in [-0.39, 0.29) is 11.3 Å². The zero-order valence-corrected chi connectivity index (χ0v) is 18.4. The van der Waals surface area contributed by atoms with Gasteiger partial charge in [0.15, 0.2) is 12.4 Å². The molecule has 10 heteroatoms. The van der Waals surface area contributed by atoms with Gasteiger partial charge >= 0.3 is 5.97 Å². The SMILES string of the molecule is CS(=O)(=O)Nc1ccccc1C(=O)OCC(=O)Nc1cc(Cl)ccc1Oc1ccccc1. The summed E-state index contributed by atoms with van der Waals surface area (Å²) in [6.07, 6.45) is 0.961. The molecule has 0 heterocycles. The summed E-state index contributed by atoms with van der Waals surface area (Å²) in [5.41, 5.74) is 0.317. The molecule has 1 amide bonds. The predicted molar refractivity (Wildman–Crippen MR) is 122 cm³/mol. The van der Waals surface area contributed by atoms with Crippen molar-refractivity contribution in [2.75, 3.05) is 22.9 Å². The molecule has 0 unspecified atom stereocenters. The molecule has 0 aliphatic heterocycles. The Morgan fingerprint density at radius 3 is 2.34 bits per heavy atom. The second kappa shape index (κ2) is 10.2. The molecular weight excluding hydrogens is 456 g/mol. The Morgan fingerprint density at radius 2 is 1.62 bits per heavy atom. The standard InChI is InChI=1S/C22H19ClN2O6S/c1-32(28,29)25-18-10-6-5-9-17(18)22(27)30-14-21(26)24-19-13-15(23)11-12-20(19)31-16-7-3-2-4-8-16/h2-13,25H,14H2,1H3,(H,24,26). The number of hydrogen-bond acceptors (Lipinski definition) is 6. The van der Waals surface area contributed by atoms with Crippen molar-refractivity contribution in [2.45, 2.75) is 0 Å². The molecular formula is C22H19ClN2O6S. The minimum absolute atomic E-state index is 0.0263. The molecule has 0 saturated heterocycles. The molecule has 2 N–H and O–H groups in total. The summed E-state index contributed by atoms with van der Waals surface area (Å²) in [5.74, 6) is -0.583. The third kappa shape index (κ3) is 6.73. The highest BCUT2D eigenvalue weighted by Crippen LogP contribution is 2.32. The minimum atomic E-state index is -3.60. The van der Waals surface area contributed by atoms with E-state index in [0.717, 1.165) is 6.26 Å². The molecule has 0 bridgehead atoms. The highest BCUT2D eigenvalue weighted by atomic mass is 35.5. The van der Waals surface area contributed by atoms with Gasteiger partial charge in [0.2, 0.25) is 10.0 Å². The number of hydrogen-bond donors (Lipinski definition) is 2. The maximum absolute atomic E-state index is 12.4. The first-order valence-corrected chi connectivity index (χ1v) is 11.5. The van der Waals surface area contributed by atoms with Crippen LogP contribution in [0.25, 0.3) is 0 Å². The average Bonchev–Trinajstić information content (AvgIpc) is 2.74. The number of nitrogens with one attached hydrogen (secondary N) is 2. The first-order valence-electron chi connectivity index (χ1n) is 9.27. The summed E-state index contributed by atoms with van der Waals surface area (Å²) in [6.45, 7) is -0.608. The van der Waals surface area contributed by atoms with E-state index in [4.69, 9.17) is 21.1 Å². The van der Waals surface area contributed by atoms with E-state index in [9.17, 15) is 18.0 Å². The van der Waals surface area contributed by atoms with Crippen molar-refractivity contribution in [3.8, 4) is 11.5 Å². The highest BCUT2D eigenvalue weighted by Gasteiger charge is 2.17. The van der Waals surface area contributed by atoms with Crippen LogP contribution in [0.15, 0.2) is 72.8 Å². The van der Waals surface area contributed by atoms with Gasteiger partial charge in [-0.2, -0.15) is 0 Å². The molecule has 0 radical (unpaired) electrons. The number of ether oxygens (including phenoxy) is 2. The number of benzene rings is 3. The fraction of sp³-hybridized carbons (Fsp3) is 0.0909. The lowest BCUT2D eigenvalue weighted by atomic mass is 10.2. The van der Waals surface area contributed by atoms with E-state index in [1.54, 1.807) is 48.5 Å². The molecule has 0 spiro atoms. The number of amides is 1. The van der Waals surface area contributed by atoms with Gasteiger partial charge in [-0.05, 0) is 42.5 Å². The Labute approximate surface area is 190 Å². The molecule has 3 aromatic rings. The normalized spacial score (nSPS) is 10.8. The van der Waals surface area contributed by atoms with Crippen molar-refractivity contribution in [2.24, 2.45) is 0 Å². The van der Waals surface area contributed by atoms with Gasteiger partial charge in [-0.3, -0.25) is 9.52 Å². The van der Waals surface area contributed by atoms with Crippen LogP contribution in [0.5, 0.6) is 11.5 Å². The predicted octanol–water partition coefficient (Wildman–Crippen LogP) is 4.30. The second-order valence-electron chi connectivity index (χ2n) is 6.60. The van der Waals surface area contributed by atoms with Gasteiger partial charge in [0.25, 0.3) is 5.91 Å². The summed E-state index contributed by atoms with van der Waals surface area (Å²) in [6, 6.07) is 19.6. The number of halogens is 1. The van der Waals surface area contributed by atoms with Crippen molar-refractivity contribution in [3.63, 3.8) is 0 Å². The largest absolute Gasteiger partial charge is 0.455 e. The van der Waals surface area contributed by atoms with E-state index in [2.05, 4.69) is 10.0 Å². The lowest BCUT2D eigenvalue weighted by Gasteiger charge is -2.13. The van der Waals surface area contributed by atoms with Crippen LogP contribution in [0, 0.1) is 0 Å². The maximum Gasteiger partial charge on any atom is 0.340 e. The van der Waals surface area contributed by atoms with E-state index in [1.807, 2.05) is 6.07 Å². The van der Waals surface area contributed by atoms with E-state index >= 15 is 0 Å². The van der Waals surface area contributed by atoms with Crippen molar-refractivity contribution in [3.05, 3.63) is 83.4 Å². The lowest BCUT2D eigenvalue weighted by molar-refractivity contribution is -0.119. The molecule has 8 nitrogen and oxygen atoms in total. The van der Waals surface area contributed by atoms with Gasteiger partial charge < -0.3 is 14.8 Å². The van der Waals surface area contributed by atoms with Crippen LogP contribution in [-0.4, -0.2) is 33.2 Å². The molecule has 0 atom stereocenters. The van der Waals surface area contributed by atoms with E-state index < -0.39 is 28.5 Å². The van der Waals surface area contributed by atoms with Crippen LogP contribution in [-0.2, 0) is 19.6 Å². The number of rotatable bonds is 8. The molecule has 0 saturated carbocycles. The second-order valence-corrected chi connectivity index (χ2v) is 8.78. The minimum Gasteiger partial charge on any atom is -0.455 e. The Bertz CT molecular complexity index is 1230. The molecule has 0 aliphatic carbocycles. The smallest absolute Gasteiger partial charge is 0.340 e. The van der Waals surface area contributed by atoms with Crippen molar-refractivity contribution < 1.29 is 27.5 Å². The zero-order chi connectivity index (χ0) is 23.1. The first kappa shape index (κ1) is 23.1.